The van der Waals surface area contributed by atoms with Gasteiger partial charge in [-0.1, -0.05) is 5.16 Å². The number of carbonyl (C=O) groups is 1. The minimum absolute atomic E-state index is 0.0313. The van der Waals surface area contributed by atoms with Crippen LogP contribution in [-0.2, 0) is 22.4 Å². The molecule has 1 amide bonds. The molecule has 0 saturated carbocycles. The van der Waals surface area contributed by atoms with Crippen LogP contribution in [0.1, 0.15) is 22.7 Å². The van der Waals surface area contributed by atoms with Crippen LogP contribution in [0.25, 0.3) is 0 Å². The van der Waals surface area contributed by atoms with E-state index in [2.05, 4.69) is 15.1 Å². The molecule has 1 aliphatic rings. The maximum Gasteiger partial charge on any atom is 0.250 e. The fourth-order valence-electron chi connectivity index (χ4n) is 3.06. The van der Waals surface area contributed by atoms with Crippen LogP contribution in [-0.4, -0.2) is 52.2 Å². The quantitative estimate of drug-likeness (QED) is 0.871. The van der Waals surface area contributed by atoms with Gasteiger partial charge in [0.1, 0.15) is 5.76 Å². The van der Waals surface area contributed by atoms with Crippen molar-refractivity contribution in [2.45, 2.75) is 26.7 Å². The Bertz CT molecular complexity index is 778. The van der Waals surface area contributed by atoms with Gasteiger partial charge in [-0.25, -0.2) is 4.98 Å². The van der Waals surface area contributed by atoms with Crippen molar-refractivity contribution >= 4 is 5.91 Å². The van der Waals surface area contributed by atoms with Crippen molar-refractivity contribution in [3.63, 3.8) is 0 Å². The number of rotatable bonds is 4. The molecule has 0 radical (unpaired) electrons. The number of aromatic nitrogens is 3. The van der Waals surface area contributed by atoms with E-state index in [-0.39, 0.29) is 23.8 Å². The molecule has 1 fully saturated rings. The number of carbonyl (C=O) groups excluding carboxylic acids is 1. The van der Waals surface area contributed by atoms with Gasteiger partial charge in [0.2, 0.25) is 5.91 Å². The molecule has 0 aromatic carbocycles. The van der Waals surface area contributed by atoms with Crippen LogP contribution in [0.4, 0.5) is 0 Å². The maximum atomic E-state index is 12.7. The van der Waals surface area contributed by atoms with Crippen LogP contribution in [0.5, 0.6) is 0 Å². The summed E-state index contributed by atoms with van der Waals surface area (Å²) >= 11 is 0. The SMILES string of the molecule is Cc1noc(C)c1CC(=O)N1CCOC[C@H](Cc2cc(=O)[nH]cn2)C1. The molecule has 2 aromatic heterocycles. The summed E-state index contributed by atoms with van der Waals surface area (Å²) in [5.41, 5.74) is 2.13. The molecule has 1 N–H and O–H groups in total. The number of ether oxygens (including phenoxy) is 1. The van der Waals surface area contributed by atoms with E-state index in [0.29, 0.717) is 44.2 Å². The highest BCUT2D eigenvalue weighted by molar-refractivity contribution is 5.79. The lowest BCUT2D eigenvalue weighted by Crippen LogP contribution is -2.37. The highest BCUT2D eigenvalue weighted by atomic mass is 16.5. The Morgan fingerprint density at radius 3 is 3.00 bits per heavy atom. The van der Waals surface area contributed by atoms with Gasteiger partial charge >= 0.3 is 0 Å². The molecule has 1 aliphatic heterocycles. The lowest BCUT2D eigenvalue weighted by molar-refractivity contribution is -0.130. The summed E-state index contributed by atoms with van der Waals surface area (Å²) in [5, 5.41) is 3.90. The molecule has 3 rings (SSSR count). The Hall–Kier alpha value is -2.48. The zero-order chi connectivity index (χ0) is 17.8. The Morgan fingerprint density at radius 1 is 1.44 bits per heavy atom. The van der Waals surface area contributed by atoms with Gasteiger partial charge in [-0.3, -0.25) is 9.59 Å². The van der Waals surface area contributed by atoms with Crippen molar-refractivity contribution in [2.75, 3.05) is 26.3 Å². The summed E-state index contributed by atoms with van der Waals surface area (Å²) in [6, 6.07) is 1.49. The number of amides is 1. The van der Waals surface area contributed by atoms with E-state index in [1.807, 2.05) is 18.7 Å². The Labute approximate surface area is 145 Å². The molecule has 0 spiro atoms. The fraction of sp³-hybridized carbons (Fsp3) is 0.529. The number of aromatic amines is 1. The second-order valence-corrected chi connectivity index (χ2v) is 6.37. The first-order valence-corrected chi connectivity index (χ1v) is 8.34. The summed E-state index contributed by atoms with van der Waals surface area (Å²) in [4.78, 5) is 32.6. The third kappa shape index (κ3) is 4.33. The lowest BCUT2D eigenvalue weighted by atomic mass is 10.0. The highest BCUT2D eigenvalue weighted by Gasteiger charge is 2.25. The summed E-state index contributed by atoms with van der Waals surface area (Å²) in [7, 11) is 0. The predicted octanol–water partition coefficient (Wildman–Crippen LogP) is 0.635. The molecule has 3 heterocycles. The summed E-state index contributed by atoms with van der Waals surface area (Å²) < 4.78 is 10.8. The Balaban J connectivity index is 1.67. The van der Waals surface area contributed by atoms with Gasteiger partial charge in [-0.15, -0.1) is 0 Å². The Morgan fingerprint density at radius 2 is 2.28 bits per heavy atom. The van der Waals surface area contributed by atoms with E-state index >= 15 is 0 Å². The minimum atomic E-state index is -0.175. The van der Waals surface area contributed by atoms with E-state index < -0.39 is 0 Å². The number of hydrogen-bond donors (Lipinski definition) is 1. The molecule has 1 atom stereocenters. The van der Waals surface area contributed by atoms with Crippen LogP contribution < -0.4 is 5.56 Å². The third-order valence-electron chi connectivity index (χ3n) is 4.43. The molecular formula is C17H22N4O4. The molecule has 8 heteroatoms. The molecular weight excluding hydrogens is 324 g/mol. The van der Waals surface area contributed by atoms with E-state index in [9.17, 15) is 9.59 Å². The number of nitrogens with zero attached hydrogens (tertiary/aromatic N) is 3. The summed E-state index contributed by atoms with van der Waals surface area (Å²) in [6.45, 7) is 5.84. The number of nitrogens with one attached hydrogen (secondary N) is 1. The van der Waals surface area contributed by atoms with Crippen LogP contribution in [0.2, 0.25) is 0 Å². The highest BCUT2D eigenvalue weighted by Crippen LogP contribution is 2.17. The van der Waals surface area contributed by atoms with Gasteiger partial charge < -0.3 is 19.1 Å². The van der Waals surface area contributed by atoms with Gasteiger partial charge in [0.05, 0.1) is 31.7 Å². The van der Waals surface area contributed by atoms with Crippen LogP contribution in [0.15, 0.2) is 21.7 Å². The smallest absolute Gasteiger partial charge is 0.250 e. The monoisotopic (exact) mass is 346 g/mol. The molecule has 1 saturated heterocycles. The minimum Gasteiger partial charge on any atom is -0.379 e. The number of H-pyrrole nitrogens is 1. The second kappa shape index (κ2) is 7.60. The fourth-order valence-corrected chi connectivity index (χ4v) is 3.06. The molecule has 2 aromatic rings. The summed E-state index contributed by atoms with van der Waals surface area (Å²) in [5.74, 6) is 0.815. The standard InChI is InChI=1S/C17H22N4O4/c1-11-15(12(2)25-20-11)7-17(23)21-3-4-24-9-13(8-21)5-14-6-16(22)19-10-18-14/h6,10,13H,3-5,7-9H2,1-2H3,(H,18,19,22)/t13-/m1/s1. The van der Waals surface area contributed by atoms with Crippen molar-refractivity contribution in [2.24, 2.45) is 5.92 Å². The summed E-state index contributed by atoms with van der Waals surface area (Å²) in [6.07, 6.45) is 2.27. The van der Waals surface area contributed by atoms with Crippen LogP contribution in [0.3, 0.4) is 0 Å². The van der Waals surface area contributed by atoms with Crippen molar-refractivity contribution < 1.29 is 14.1 Å². The van der Waals surface area contributed by atoms with Crippen molar-refractivity contribution in [3.05, 3.63) is 45.5 Å². The molecule has 0 bridgehead atoms. The molecule has 8 nitrogen and oxygen atoms in total. The van der Waals surface area contributed by atoms with Gasteiger partial charge in [-0.2, -0.15) is 0 Å². The second-order valence-electron chi connectivity index (χ2n) is 6.37. The normalized spacial score (nSPS) is 18.2. The van der Waals surface area contributed by atoms with Gasteiger partial charge in [-0.05, 0) is 20.3 Å². The van der Waals surface area contributed by atoms with E-state index in [4.69, 9.17) is 9.26 Å². The average Bonchev–Trinajstić information content (AvgIpc) is 2.78. The zero-order valence-electron chi connectivity index (χ0n) is 14.4. The van der Waals surface area contributed by atoms with E-state index in [0.717, 1.165) is 11.3 Å². The number of aryl methyl sites for hydroxylation is 2. The van der Waals surface area contributed by atoms with Gasteiger partial charge in [0, 0.05) is 36.3 Å². The van der Waals surface area contributed by atoms with Crippen molar-refractivity contribution in [3.8, 4) is 0 Å². The van der Waals surface area contributed by atoms with Crippen LogP contribution in [0, 0.1) is 19.8 Å². The maximum absolute atomic E-state index is 12.7. The first kappa shape index (κ1) is 17.3. The molecule has 0 aliphatic carbocycles. The predicted molar refractivity (Wildman–Crippen MR) is 89.1 cm³/mol. The average molecular weight is 346 g/mol. The van der Waals surface area contributed by atoms with Crippen molar-refractivity contribution in [1.82, 2.24) is 20.0 Å². The first-order valence-electron chi connectivity index (χ1n) is 8.34. The van der Waals surface area contributed by atoms with Gasteiger partial charge in [0.15, 0.2) is 0 Å². The van der Waals surface area contributed by atoms with Crippen LogP contribution >= 0.6 is 0 Å². The molecule has 134 valence electrons. The molecule has 25 heavy (non-hydrogen) atoms. The van der Waals surface area contributed by atoms with Crippen molar-refractivity contribution in [1.29, 1.82) is 0 Å². The Kier molecular flexibility index (Phi) is 5.28. The number of hydrogen-bond acceptors (Lipinski definition) is 6. The third-order valence-corrected chi connectivity index (χ3v) is 4.43. The topological polar surface area (TPSA) is 101 Å². The zero-order valence-corrected chi connectivity index (χ0v) is 14.4. The molecule has 0 unspecified atom stereocenters. The van der Waals surface area contributed by atoms with E-state index in [1.54, 1.807) is 0 Å². The lowest BCUT2D eigenvalue weighted by Gasteiger charge is -2.23. The van der Waals surface area contributed by atoms with Gasteiger partial charge in [0.25, 0.3) is 5.56 Å². The largest absolute Gasteiger partial charge is 0.379 e. The van der Waals surface area contributed by atoms with E-state index in [1.165, 1.54) is 12.4 Å². The first-order chi connectivity index (χ1) is 12.0.